The Morgan fingerprint density at radius 1 is 1.33 bits per heavy atom. The fourth-order valence-corrected chi connectivity index (χ4v) is 2.50. The van der Waals surface area contributed by atoms with Crippen LogP contribution in [0.4, 0.5) is 0 Å². The second kappa shape index (κ2) is 11.3. The summed E-state index contributed by atoms with van der Waals surface area (Å²) in [4.78, 5) is 20.1. The number of guanidine groups is 1. The van der Waals surface area contributed by atoms with E-state index in [0.717, 1.165) is 50.9 Å². The average Bonchev–Trinajstić information content (AvgIpc) is 3.07. The highest BCUT2D eigenvalue weighted by Gasteiger charge is 2.20. The number of rotatable bonds is 6. The number of piperazine rings is 1. The number of carbonyl (C=O) groups excluding carboxylic acids is 1. The first kappa shape index (κ1) is 20.8. The van der Waals surface area contributed by atoms with Crippen LogP contribution in [-0.4, -0.2) is 74.7 Å². The SMILES string of the molecule is COCCN=C(NCCc1ccco1)N1CCN(C(C)=O)CC1.I. The molecule has 0 aliphatic carbocycles. The summed E-state index contributed by atoms with van der Waals surface area (Å²) in [5.74, 6) is 1.96. The number of methoxy groups -OCH3 is 1. The Bertz CT molecular complexity index is 499. The molecule has 0 saturated carbocycles. The molecule has 2 heterocycles. The molecule has 24 heavy (non-hydrogen) atoms. The van der Waals surface area contributed by atoms with Gasteiger partial charge in [0.2, 0.25) is 5.91 Å². The summed E-state index contributed by atoms with van der Waals surface area (Å²) < 4.78 is 10.4. The monoisotopic (exact) mass is 450 g/mol. The number of hydrogen-bond donors (Lipinski definition) is 1. The van der Waals surface area contributed by atoms with Crippen LogP contribution in [0, 0.1) is 0 Å². The molecule has 8 heteroatoms. The number of nitrogens with zero attached hydrogens (tertiary/aromatic N) is 3. The van der Waals surface area contributed by atoms with Gasteiger partial charge in [-0.2, -0.15) is 0 Å². The molecule has 0 bridgehead atoms. The summed E-state index contributed by atoms with van der Waals surface area (Å²) in [5.41, 5.74) is 0. The highest BCUT2D eigenvalue weighted by atomic mass is 127. The average molecular weight is 450 g/mol. The molecule has 2 rings (SSSR count). The summed E-state index contributed by atoms with van der Waals surface area (Å²) in [7, 11) is 1.67. The Balaban J connectivity index is 0.00000288. The predicted octanol–water partition coefficient (Wildman–Crippen LogP) is 1.20. The summed E-state index contributed by atoms with van der Waals surface area (Å²) in [5, 5.41) is 3.39. The number of hydrogen-bond acceptors (Lipinski definition) is 4. The van der Waals surface area contributed by atoms with E-state index in [1.807, 2.05) is 17.0 Å². The fourth-order valence-electron chi connectivity index (χ4n) is 2.50. The summed E-state index contributed by atoms with van der Waals surface area (Å²) in [6, 6.07) is 3.86. The summed E-state index contributed by atoms with van der Waals surface area (Å²) in [6.07, 6.45) is 2.49. The van der Waals surface area contributed by atoms with E-state index in [-0.39, 0.29) is 29.9 Å². The van der Waals surface area contributed by atoms with Gasteiger partial charge in [0.25, 0.3) is 0 Å². The zero-order valence-electron chi connectivity index (χ0n) is 14.4. The Labute approximate surface area is 160 Å². The molecular weight excluding hydrogens is 423 g/mol. The zero-order chi connectivity index (χ0) is 16.5. The van der Waals surface area contributed by atoms with Gasteiger partial charge >= 0.3 is 0 Å². The smallest absolute Gasteiger partial charge is 0.219 e. The van der Waals surface area contributed by atoms with Crippen molar-refractivity contribution in [2.24, 2.45) is 4.99 Å². The summed E-state index contributed by atoms with van der Waals surface area (Å²) >= 11 is 0. The van der Waals surface area contributed by atoms with E-state index < -0.39 is 0 Å². The maximum atomic E-state index is 11.4. The molecule has 1 saturated heterocycles. The first-order valence-electron chi connectivity index (χ1n) is 8.01. The van der Waals surface area contributed by atoms with E-state index in [2.05, 4.69) is 15.2 Å². The highest BCUT2D eigenvalue weighted by molar-refractivity contribution is 14.0. The topological polar surface area (TPSA) is 70.3 Å². The van der Waals surface area contributed by atoms with Crippen LogP contribution >= 0.6 is 24.0 Å². The van der Waals surface area contributed by atoms with Crippen LogP contribution < -0.4 is 5.32 Å². The van der Waals surface area contributed by atoms with E-state index in [4.69, 9.17) is 9.15 Å². The number of carbonyl (C=O) groups is 1. The van der Waals surface area contributed by atoms with Gasteiger partial charge in [0, 0.05) is 53.2 Å². The van der Waals surface area contributed by atoms with Gasteiger partial charge in [-0.1, -0.05) is 0 Å². The molecule has 1 aliphatic heterocycles. The van der Waals surface area contributed by atoms with E-state index in [9.17, 15) is 4.79 Å². The molecule has 0 unspecified atom stereocenters. The molecule has 1 fully saturated rings. The van der Waals surface area contributed by atoms with Gasteiger partial charge < -0.3 is 24.3 Å². The highest BCUT2D eigenvalue weighted by Crippen LogP contribution is 2.04. The number of ether oxygens (including phenoxy) is 1. The van der Waals surface area contributed by atoms with Crippen molar-refractivity contribution in [3.05, 3.63) is 24.2 Å². The third kappa shape index (κ3) is 6.68. The van der Waals surface area contributed by atoms with Gasteiger partial charge in [-0.25, -0.2) is 0 Å². The molecule has 1 aromatic rings. The van der Waals surface area contributed by atoms with Crippen molar-refractivity contribution < 1.29 is 13.9 Å². The molecule has 1 amide bonds. The zero-order valence-corrected chi connectivity index (χ0v) is 16.7. The van der Waals surface area contributed by atoms with E-state index in [1.165, 1.54) is 0 Å². The molecule has 0 aromatic carbocycles. The predicted molar refractivity (Wildman–Crippen MR) is 104 cm³/mol. The maximum absolute atomic E-state index is 11.4. The molecule has 7 nitrogen and oxygen atoms in total. The van der Waals surface area contributed by atoms with E-state index >= 15 is 0 Å². The molecule has 1 aliphatic rings. The number of furan rings is 1. The van der Waals surface area contributed by atoms with E-state index in [1.54, 1.807) is 20.3 Å². The largest absolute Gasteiger partial charge is 0.469 e. The quantitative estimate of drug-likeness (QED) is 0.305. The first-order chi connectivity index (χ1) is 11.2. The molecule has 0 spiro atoms. The molecular formula is C16H27IN4O3. The Hall–Kier alpha value is -1.29. The van der Waals surface area contributed by atoms with Crippen molar-refractivity contribution in [1.82, 2.24) is 15.1 Å². The van der Waals surface area contributed by atoms with Gasteiger partial charge in [0.15, 0.2) is 5.96 Å². The number of halogens is 1. The minimum atomic E-state index is 0. The lowest BCUT2D eigenvalue weighted by Gasteiger charge is -2.36. The maximum Gasteiger partial charge on any atom is 0.219 e. The standard InChI is InChI=1S/C16H26N4O3.HI/c1-14(21)19-8-10-20(11-9-19)16(18-7-13-22-2)17-6-5-15-4-3-12-23-15;/h3-4,12H,5-11,13H2,1-2H3,(H,17,18);1H. The van der Waals surface area contributed by atoms with Crippen molar-refractivity contribution in [2.45, 2.75) is 13.3 Å². The number of aliphatic imine (C=N–C) groups is 1. The summed E-state index contributed by atoms with van der Waals surface area (Å²) in [6.45, 7) is 6.63. The van der Waals surface area contributed by atoms with Crippen molar-refractivity contribution in [3.63, 3.8) is 0 Å². The van der Waals surface area contributed by atoms with Crippen LogP contribution in [0.15, 0.2) is 27.8 Å². The molecule has 0 atom stereocenters. The second-order valence-electron chi connectivity index (χ2n) is 5.45. The lowest BCUT2D eigenvalue weighted by atomic mass is 10.3. The Morgan fingerprint density at radius 3 is 2.62 bits per heavy atom. The van der Waals surface area contributed by atoms with Crippen LogP contribution in [0.1, 0.15) is 12.7 Å². The molecule has 1 N–H and O–H groups in total. The van der Waals surface area contributed by atoms with Gasteiger partial charge in [0.1, 0.15) is 5.76 Å². The van der Waals surface area contributed by atoms with Crippen molar-refractivity contribution in [1.29, 1.82) is 0 Å². The minimum absolute atomic E-state index is 0. The minimum Gasteiger partial charge on any atom is -0.469 e. The van der Waals surface area contributed by atoms with Crippen LogP contribution in [0.25, 0.3) is 0 Å². The van der Waals surface area contributed by atoms with E-state index in [0.29, 0.717) is 13.2 Å². The van der Waals surface area contributed by atoms with Crippen LogP contribution in [0.3, 0.4) is 0 Å². The second-order valence-corrected chi connectivity index (χ2v) is 5.45. The lowest BCUT2D eigenvalue weighted by Crippen LogP contribution is -2.53. The van der Waals surface area contributed by atoms with Crippen LogP contribution in [0.2, 0.25) is 0 Å². The van der Waals surface area contributed by atoms with Gasteiger partial charge in [-0.15, -0.1) is 24.0 Å². The first-order valence-corrected chi connectivity index (χ1v) is 8.01. The normalized spacial score (nSPS) is 15.2. The van der Waals surface area contributed by atoms with Crippen molar-refractivity contribution in [3.8, 4) is 0 Å². The molecule has 136 valence electrons. The number of nitrogens with one attached hydrogen (secondary N) is 1. The molecule has 0 radical (unpaired) electrons. The van der Waals surface area contributed by atoms with Crippen LogP contribution in [-0.2, 0) is 16.0 Å². The van der Waals surface area contributed by atoms with Gasteiger partial charge in [-0.3, -0.25) is 9.79 Å². The Morgan fingerprint density at radius 2 is 2.04 bits per heavy atom. The third-order valence-electron chi connectivity index (χ3n) is 3.82. The Kier molecular flexibility index (Phi) is 9.77. The third-order valence-corrected chi connectivity index (χ3v) is 3.82. The van der Waals surface area contributed by atoms with Gasteiger partial charge in [-0.05, 0) is 12.1 Å². The number of amides is 1. The van der Waals surface area contributed by atoms with Gasteiger partial charge in [0.05, 0.1) is 19.4 Å². The lowest BCUT2D eigenvalue weighted by molar-refractivity contribution is -0.130. The van der Waals surface area contributed by atoms with Crippen molar-refractivity contribution in [2.75, 3.05) is 53.0 Å². The van der Waals surface area contributed by atoms with Crippen LogP contribution in [0.5, 0.6) is 0 Å². The molecule has 1 aromatic heterocycles. The van der Waals surface area contributed by atoms with Crippen molar-refractivity contribution >= 4 is 35.8 Å². The fraction of sp³-hybridized carbons (Fsp3) is 0.625.